The van der Waals surface area contributed by atoms with Crippen molar-refractivity contribution in [2.24, 2.45) is 0 Å². The Morgan fingerprint density at radius 2 is 1.95 bits per heavy atom. The standard InChI is InChI=1S/C14H8Cl2N2O/c15-9-1-2-11-12(14(19)18-13(11)5-9)4-8-3-10(16)7-17-6-8/h1-7H,(H,18,19)/b12-4+. The monoisotopic (exact) mass is 290 g/mol. The van der Waals surface area contributed by atoms with E-state index < -0.39 is 0 Å². The number of aromatic nitrogens is 1. The van der Waals surface area contributed by atoms with Crippen molar-refractivity contribution in [1.29, 1.82) is 0 Å². The van der Waals surface area contributed by atoms with Crippen LogP contribution < -0.4 is 5.32 Å². The number of hydrogen-bond acceptors (Lipinski definition) is 2. The summed E-state index contributed by atoms with van der Waals surface area (Å²) < 4.78 is 0. The molecule has 0 atom stereocenters. The Labute approximate surface area is 119 Å². The molecule has 3 rings (SSSR count). The molecular formula is C14H8Cl2N2O. The van der Waals surface area contributed by atoms with Crippen molar-refractivity contribution in [1.82, 2.24) is 4.98 Å². The number of carbonyl (C=O) groups is 1. The van der Waals surface area contributed by atoms with Crippen molar-refractivity contribution in [3.8, 4) is 0 Å². The molecule has 2 heterocycles. The zero-order chi connectivity index (χ0) is 13.4. The number of rotatable bonds is 1. The fraction of sp³-hybridized carbons (Fsp3) is 0. The van der Waals surface area contributed by atoms with E-state index in [-0.39, 0.29) is 5.91 Å². The smallest absolute Gasteiger partial charge is 0.256 e. The first kappa shape index (κ1) is 12.2. The lowest BCUT2D eigenvalue weighted by Gasteiger charge is -1.99. The van der Waals surface area contributed by atoms with Gasteiger partial charge in [-0.25, -0.2) is 0 Å². The normalized spacial score (nSPS) is 15.5. The number of nitrogens with zero attached hydrogens (tertiary/aromatic N) is 1. The van der Waals surface area contributed by atoms with Gasteiger partial charge in [-0.05, 0) is 29.8 Å². The van der Waals surface area contributed by atoms with Gasteiger partial charge < -0.3 is 5.32 Å². The summed E-state index contributed by atoms with van der Waals surface area (Å²) in [5.74, 6) is -0.155. The van der Waals surface area contributed by atoms with Gasteiger partial charge in [-0.3, -0.25) is 9.78 Å². The molecule has 0 spiro atoms. The number of hydrogen-bond donors (Lipinski definition) is 1. The maximum Gasteiger partial charge on any atom is 0.256 e. The Morgan fingerprint density at radius 1 is 1.11 bits per heavy atom. The summed E-state index contributed by atoms with van der Waals surface area (Å²) in [4.78, 5) is 15.9. The molecule has 0 saturated heterocycles. The van der Waals surface area contributed by atoms with Gasteiger partial charge in [0.2, 0.25) is 0 Å². The largest absolute Gasteiger partial charge is 0.321 e. The van der Waals surface area contributed by atoms with E-state index >= 15 is 0 Å². The molecule has 0 fully saturated rings. The highest BCUT2D eigenvalue weighted by Gasteiger charge is 2.23. The molecule has 0 unspecified atom stereocenters. The minimum Gasteiger partial charge on any atom is -0.321 e. The zero-order valence-electron chi connectivity index (χ0n) is 9.65. The van der Waals surface area contributed by atoms with Gasteiger partial charge in [-0.1, -0.05) is 29.3 Å². The molecule has 1 N–H and O–H groups in total. The Hall–Kier alpha value is -1.84. The van der Waals surface area contributed by atoms with Crippen LogP contribution in [0.15, 0.2) is 36.7 Å². The third-order valence-electron chi connectivity index (χ3n) is 2.80. The van der Waals surface area contributed by atoms with Crippen LogP contribution in [-0.4, -0.2) is 10.9 Å². The van der Waals surface area contributed by atoms with Crippen LogP contribution >= 0.6 is 23.2 Å². The van der Waals surface area contributed by atoms with Gasteiger partial charge in [-0.2, -0.15) is 0 Å². The number of carbonyl (C=O) groups excluding carboxylic acids is 1. The molecule has 1 aliphatic rings. The summed E-state index contributed by atoms with van der Waals surface area (Å²) in [7, 11) is 0. The molecular weight excluding hydrogens is 283 g/mol. The summed E-state index contributed by atoms with van der Waals surface area (Å²) in [5.41, 5.74) is 2.91. The molecule has 0 radical (unpaired) electrons. The van der Waals surface area contributed by atoms with Crippen LogP contribution in [-0.2, 0) is 4.79 Å². The summed E-state index contributed by atoms with van der Waals surface area (Å²) in [6.45, 7) is 0. The van der Waals surface area contributed by atoms with Crippen molar-refractivity contribution in [2.75, 3.05) is 5.32 Å². The molecule has 0 saturated carbocycles. The number of pyridine rings is 1. The highest BCUT2D eigenvalue weighted by atomic mass is 35.5. The number of anilines is 1. The van der Waals surface area contributed by atoms with Crippen molar-refractivity contribution in [3.05, 3.63) is 57.8 Å². The first-order valence-electron chi connectivity index (χ1n) is 5.57. The van der Waals surface area contributed by atoms with E-state index in [1.54, 1.807) is 36.7 Å². The average Bonchev–Trinajstić information content (AvgIpc) is 2.65. The van der Waals surface area contributed by atoms with Crippen LogP contribution in [0.25, 0.3) is 11.6 Å². The SMILES string of the molecule is O=C1Nc2cc(Cl)ccc2/C1=C\c1cncc(Cl)c1. The molecule has 1 aliphatic heterocycles. The van der Waals surface area contributed by atoms with Crippen LogP contribution in [0.1, 0.15) is 11.1 Å². The molecule has 19 heavy (non-hydrogen) atoms. The maximum absolute atomic E-state index is 12.0. The summed E-state index contributed by atoms with van der Waals surface area (Å²) >= 11 is 11.8. The molecule has 94 valence electrons. The summed E-state index contributed by atoms with van der Waals surface area (Å²) in [6, 6.07) is 7.05. The second-order valence-electron chi connectivity index (χ2n) is 4.14. The molecule has 0 bridgehead atoms. The lowest BCUT2D eigenvalue weighted by atomic mass is 10.0. The van der Waals surface area contributed by atoms with E-state index in [0.717, 1.165) is 16.8 Å². The molecule has 5 heteroatoms. The Kier molecular flexibility index (Phi) is 3.01. The topological polar surface area (TPSA) is 42.0 Å². The number of halogens is 2. The molecule has 1 aromatic carbocycles. The quantitative estimate of drug-likeness (QED) is 0.810. The minimum atomic E-state index is -0.155. The first-order valence-corrected chi connectivity index (χ1v) is 6.32. The molecule has 2 aromatic rings. The lowest BCUT2D eigenvalue weighted by molar-refractivity contribution is -0.110. The average molecular weight is 291 g/mol. The third-order valence-corrected chi connectivity index (χ3v) is 3.24. The number of nitrogens with one attached hydrogen (secondary N) is 1. The van der Waals surface area contributed by atoms with Gasteiger partial charge in [0, 0.05) is 28.6 Å². The molecule has 0 aliphatic carbocycles. The van der Waals surface area contributed by atoms with Gasteiger partial charge in [0.1, 0.15) is 0 Å². The van der Waals surface area contributed by atoms with Gasteiger partial charge in [0.15, 0.2) is 0 Å². The summed E-state index contributed by atoms with van der Waals surface area (Å²) in [6.07, 6.45) is 4.96. The van der Waals surface area contributed by atoms with Crippen LogP contribution in [0.4, 0.5) is 5.69 Å². The molecule has 1 amide bonds. The van der Waals surface area contributed by atoms with Crippen LogP contribution in [0, 0.1) is 0 Å². The van der Waals surface area contributed by atoms with Gasteiger partial charge in [-0.15, -0.1) is 0 Å². The second kappa shape index (κ2) is 4.68. The number of benzene rings is 1. The van der Waals surface area contributed by atoms with E-state index in [1.165, 1.54) is 0 Å². The van der Waals surface area contributed by atoms with E-state index in [4.69, 9.17) is 23.2 Å². The fourth-order valence-corrected chi connectivity index (χ4v) is 2.34. The van der Waals surface area contributed by atoms with Crippen LogP contribution in [0.5, 0.6) is 0 Å². The van der Waals surface area contributed by atoms with Crippen molar-refractivity contribution < 1.29 is 4.79 Å². The predicted molar refractivity (Wildman–Crippen MR) is 77.2 cm³/mol. The predicted octanol–water partition coefficient (Wildman–Crippen LogP) is 3.88. The number of fused-ring (bicyclic) bond motifs is 1. The van der Waals surface area contributed by atoms with E-state index in [2.05, 4.69) is 10.3 Å². The number of amides is 1. The van der Waals surface area contributed by atoms with Gasteiger partial charge in [0.25, 0.3) is 5.91 Å². The van der Waals surface area contributed by atoms with E-state index in [0.29, 0.717) is 15.6 Å². The van der Waals surface area contributed by atoms with E-state index in [9.17, 15) is 4.79 Å². The lowest BCUT2D eigenvalue weighted by Crippen LogP contribution is -2.03. The molecule has 3 nitrogen and oxygen atoms in total. The molecule has 1 aromatic heterocycles. The van der Waals surface area contributed by atoms with Crippen LogP contribution in [0.2, 0.25) is 10.0 Å². The maximum atomic E-state index is 12.0. The summed E-state index contributed by atoms with van der Waals surface area (Å²) in [5, 5.41) is 3.90. The Morgan fingerprint density at radius 3 is 2.74 bits per heavy atom. The Balaban J connectivity index is 2.09. The van der Waals surface area contributed by atoms with Gasteiger partial charge in [0.05, 0.1) is 10.7 Å². The fourth-order valence-electron chi connectivity index (χ4n) is 1.98. The van der Waals surface area contributed by atoms with Crippen molar-refractivity contribution >= 4 is 46.4 Å². The highest BCUT2D eigenvalue weighted by molar-refractivity contribution is 6.36. The van der Waals surface area contributed by atoms with Crippen LogP contribution in [0.3, 0.4) is 0 Å². The first-order chi connectivity index (χ1) is 9.13. The highest BCUT2D eigenvalue weighted by Crippen LogP contribution is 2.34. The van der Waals surface area contributed by atoms with Gasteiger partial charge >= 0.3 is 0 Å². The Bertz CT molecular complexity index is 710. The van der Waals surface area contributed by atoms with Crippen molar-refractivity contribution in [3.63, 3.8) is 0 Å². The zero-order valence-corrected chi connectivity index (χ0v) is 11.2. The minimum absolute atomic E-state index is 0.155. The third kappa shape index (κ3) is 2.35. The van der Waals surface area contributed by atoms with Crippen molar-refractivity contribution in [2.45, 2.75) is 0 Å². The van der Waals surface area contributed by atoms with E-state index in [1.807, 2.05) is 6.07 Å². The second-order valence-corrected chi connectivity index (χ2v) is 5.01.